The highest BCUT2D eigenvalue weighted by molar-refractivity contribution is 6.02. The van der Waals surface area contributed by atoms with Crippen LogP contribution in [0, 0.1) is 5.92 Å². The Bertz CT molecular complexity index is 1100. The minimum absolute atomic E-state index is 0.0370. The van der Waals surface area contributed by atoms with E-state index in [2.05, 4.69) is 6.92 Å². The van der Waals surface area contributed by atoms with Gasteiger partial charge in [-0.2, -0.15) is 0 Å². The Morgan fingerprint density at radius 3 is 2.31 bits per heavy atom. The Labute approximate surface area is 215 Å². The van der Waals surface area contributed by atoms with Gasteiger partial charge in [-0.05, 0) is 64.2 Å². The second-order valence-electron chi connectivity index (χ2n) is 10.8. The van der Waals surface area contributed by atoms with Crippen molar-refractivity contribution < 1.29 is 19.1 Å². The van der Waals surface area contributed by atoms with Crippen molar-refractivity contribution in [3.05, 3.63) is 35.0 Å². The van der Waals surface area contributed by atoms with E-state index in [0.29, 0.717) is 37.4 Å². The molecule has 0 unspecified atom stereocenters. The third-order valence-corrected chi connectivity index (χ3v) is 6.83. The maximum Gasteiger partial charge on any atom is 0.410 e. The molecular formula is C29H43N3O4. The Morgan fingerprint density at radius 1 is 1.03 bits per heavy atom. The molecule has 7 heteroatoms. The number of aromatic nitrogens is 1. The van der Waals surface area contributed by atoms with Gasteiger partial charge in [0.1, 0.15) is 5.60 Å². The molecule has 0 aliphatic carbocycles. The van der Waals surface area contributed by atoms with Crippen LogP contribution < -0.4 is 0 Å². The van der Waals surface area contributed by atoms with Crippen LogP contribution in [0.4, 0.5) is 4.79 Å². The molecule has 2 aliphatic rings. The molecule has 0 N–H and O–H groups in total. The van der Waals surface area contributed by atoms with Gasteiger partial charge in [-0.3, -0.25) is 14.2 Å². The smallest absolute Gasteiger partial charge is 0.410 e. The van der Waals surface area contributed by atoms with Crippen molar-refractivity contribution in [1.82, 2.24) is 14.4 Å². The molecular weight excluding hydrogens is 454 g/mol. The van der Waals surface area contributed by atoms with E-state index in [4.69, 9.17) is 4.74 Å². The van der Waals surface area contributed by atoms with Crippen LogP contribution >= 0.6 is 0 Å². The number of benzene rings is 1. The average molecular weight is 498 g/mol. The molecule has 1 fully saturated rings. The molecule has 1 aromatic carbocycles. The van der Waals surface area contributed by atoms with E-state index in [1.807, 2.05) is 69.2 Å². The summed E-state index contributed by atoms with van der Waals surface area (Å²) < 4.78 is 7.42. The number of ether oxygens (including phenoxy) is 1. The standard InChI is InChI=1S/C27H37N3O4.C2H6/c1-6-7-24(31)30-22-9-8-19(25(32)28-13-10-18(2)11-14-28)16-20(22)21-17-29(15-12-23(21)30)26(33)34-27(3,4)5;1-2/h8-9,16,18H,6-7,10-15,17H2,1-5H3;1-2H3. The molecule has 3 heterocycles. The number of likely N-dealkylation sites (tertiary alicyclic amines) is 1. The van der Waals surface area contributed by atoms with E-state index in [1.165, 1.54) is 0 Å². The fourth-order valence-electron chi connectivity index (χ4n) is 4.98. The fraction of sp³-hybridized carbons (Fsp3) is 0.621. The Hall–Kier alpha value is -2.83. The summed E-state index contributed by atoms with van der Waals surface area (Å²) in [6.07, 6.45) is 3.49. The van der Waals surface area contributed by atoms with Crippen molar-refractivity contribution in [2.45, 2.75) is 92.7 Å². The van der Waals surface area contributed by atoms with Gasteiger partial charge in [0.15, 0.2) is 0 Å². The second kappa shape index (κ2) is 11.5. The fourth-order valence-corrected chi connectivity index (χ4v) is 4.98. The Kier molecular flexibility index (Phi) is 8.85. The SMILES string of the molecule is CC.CCCC(=O)n1c2c(c3cc(C(=O)N4CCC(C)CC4)ccc31)CN(C(=O)OC(C)(C)C)CC2. The third kappa shape index (κ3) is 5.93. The van der Waals surface area contributed by atoms with Gasteiger partial charge in [-0.15, -0.1) is 0 Å². The molecule has 0 atom stereocenters. The monoisotopic (exact) mass is 497 g/mol. The number of rotatable bonds is 3. The molecule has 0 bridgehead atoms. The summed E-state index contributed by atoms with van der Waals surface area (Å²) >= 11 is 0. The summed E-state index contributed by atoms with van der Waals surface area (Å²) in [5, 5.41) is 0.879. The molecule has 36 heavy (non-hydrogen) atoms. The quantitative estimate of drug-likeness (QED) is 0.501. The van der Waals surface area contributed by atoms with Crippen molar-refractivity contribution in [1.29, 1.82) is 0 Å². The van der Waals surface area contributed by atoms with Crippen molar-refractivity contribution >= 4 is 28.8 Å². The summed E-state index contributed by atoms with van der Waals surface area (Å²) in [4.78, 5) is 42.7. The highest BCUT2D eigenvalue weighted by atomic mass is 16.6. The number of amides is 2. The first-order chi connectivity index (χ1) is 17.1. The molecule has 1 saturated heterocycles. The lowest BCUT2D eigenvalue weighted by Gasteiger charge is -2.31. The number of nitrogens with zero attached hydrogens (tertiary/aromatic N) is 3. The lowest BCUT2D eigenvalue weighted by molar-refractivity contribution is 0.0223. The van der Waals surface area contributed by atoms with Gasteiger partial charge in [-0.25, -0.2) is 4.79 Å². The van der Waals surface area contributed by atoms with E-state index in [-0.39, 0.29) is 17.9 Å². The predicted octanol–water partition coefficient (Wildman–Crippen LogP) is 6.27. The normalized spacial score (nSPS) is 16.3. The molecule has 2 aromatic rings. The van der Waals surface area contributed by atoms with Crippen molar-refractivity contribution in [3.63, 3.8) is 0 Å². The highest BCUT2D eigenvalue weighted by Crippen LogP contribution is 2.33. The van der Waals surface area contributed by atoms with Crippen molar-refractivity contribution in [2.24, 2.45) is 5.92 Å². The summed E-state index contributed by atoms with van der Waals surface area (Å²) in [7, 11) is 0. The van der Waals surface area contributed by atoms with Gasteiger partial charge in [0, 0.05) is 54.7 Å². The molecule has 198 valence electrons. The first kappa shape index (κ1) is 27.8. The number of hydrogen-bond donors (Lipinski definition) is 0. The zero-order valence-corrected chi connectivity index (χ0v) is 23.1. The van der Waals surface area contributed by atoms with Crippen molar-refractivity contribution in [2.75, 3.05) is 19.6 Å². The maximum absolute atomic E-state index is 13.3. The summed E-state index contributed by atoms with van der Waals surface area (Å²) in [6, 6.07) is 5.66. The third-order valence-electron chi connectivity index (χ3n) is 6.83. The topological polar surface area (TPSA) is 71.9 Å². The van der Waals surface area contributed by atoms with Gasteiger partial charge in [-0.1, -0.05) is 27.7 Å². The average Bonchev–Trinajstić information content (AvgIpc) is 3.17. The van der Waals surface area contributed by atoms with Gasteiger partial charge in [0.25, 0.3) is 5.91 Å². The van der Waals surface area contributed by atoms with E-state index >= 15 is 0 Å². The van der Waals surface area contributed by atoms with Crippen LogP contribution in [0.2, 0.25) is 0 Å². The molecule has 0 spiro atoms. The molecule has 0 radical (unpaired) electrons. The summed E-state index contributed by atoms with van der Waals surface area (Å²) in [6.45, 7) is 16.2. The minimum atomic E-state index is -0.575. The van der Waals surface area contributed by atoms with E-state index < -0.39 is 5.60 Å². The minimum Gasteiger partial charge on any atom is -0.444 e. The van der Waals surface area contributed by atoms with Crippen LogP contribution in [-0.4, -0.2) is 57.5 Å². The van der Waals surface area contributed by atoms with Gasteiger partial charge >= 0.3 is 6.09 Å². The van der Waals surface area contributed by atoms with E-state index in [9.17, 15) is 14.4 Å². The van der Waals surface area contributed by atoms with Crippen LogP contribution in [0.15, 0.2) is 18.2 Å². The molecule has 2 amide bonds. The zero-order chi connectivity index (χ0) is 26.6. The Balaban J connectivity index is 0.00000176. The zero-order valence-electron chi connectivity index (χ0n) is 23.1. The van der Waals surface area contributed by atoms with Crippen molar-refractivity contribution in [3.8, 4) is 0 Å². The van der Waals surface area contributed by atoms with Crippen LogP contribution in [-0.2, 0) is 17.7 Å². The van der Waals surface area contributed by atoms with Crippen LogP contribution in [0.5, 0.6) is 0 Å². The van der Waals surface area contributed by atoms with Gasteiger partial charge < -0.3 is 14.5 Å². The highest BCUT2D eigenvalue weighted by Gasteiger charge is 2.31. The molecule has 7 nitrogen and oxygen atoms in total. The number of fused-ring (bicyclic) bond motifs is 3. The van der Waals surface area contributed by atoms with Crippen LogP contribution in [0.1, 0.15) is 101 Å². The number of carbonyl (C=O) groups is 3. The number of hydrogen-bond acceptors (Lipinski definition) is 4. The maximum atomic E-state index is 13.3. The number of piperidine rings is 1. The number of carbonyl (C=O) groups excluding carboxylic acids is 3. The largest absolute Gasteiger partial charge is 0.444 e. The molecule has 4 rings (SSSR count). The predicted molar refractivity (Wildman–Crippen MR) is 143 cm³/mol. The lowest BCUT2D eigenvalue weighted by atomic mass is 9.98. The van der Waals surface area contributed by atoms with Gasteiger partial charge in [0.05, 0.1) is 12.1 Å². The Morgan fingerprint density at radius 2 is 1.69 bits per heavy atom. The lowest BCUT2D eigenvalue weighted by Crippen LogP contribution is -2.40. The van der Waals surface area contributed by atoms with E-state index in [0.717, 1.165) is 54.5 Å². The summed E-state index contributed by atoms with van der Waals surface area (Å²) in [5.74, 6) is 0.745. The van der Waals surface area contributed by atoms with Crippen LogP contribution in [0.25, 0.3) is 10.9 Å². The first-order valence-electron chi connectivity index (χ1n) is 13.6. The van der Waals surface area contributed by atoms with Crippen LogP contribution in [0.3, 0.4) is 0 Å². The second-order valence-corrected chi connectivity index (χ2v) is 10.8. The molecule has 1 aromatic heterocycles. The molecule has 0 saturated carbocycles. The molecule has 2 aliphatic heterocycles. The first-order valence-corrected chi connectivity index (χ1v) is 13.6. The summed E-state index contributed by atoms with van der Waals surface area (Å²) in [5.41, 5.74) is 2.77. The van der Waals surface area contributed by atoms with Gasteiger partial charge in [0.2, 0.25) is 5.91 Å². The van der Waals surface area contributed by atoms with E-state index in [1.54, 1.807) is 4.90 Å².